The fourth-order valence-corrected chi connectivity index (χ4v) is 3.80. The van der Waals surface area contributed by atoms with Crippen LogP contribution >= 0.6 is 0 Å². The van der Waals surface area contributed by atoms with E-state index in [-0.39, 0.29) is 24.2 Å². The van der Waals surface area contributed by atoms with Crippen LogP contribution in [0, 0.1) is 5.82 Å². The van der Waals surface area contributed by atoms with E-state index in [0.29, 0.717) is 31.9 Å². The molecule has 0 bridgehead atoms. The number of benzene rings is 1. The largest absolute Gasteiger partial charge is 0.468 e. The van der Waals surface area contributed by atoms with Gasteiger partial charge >= 0.3 is 0 Å². The minimum Gasteiger partial charge on any atom is -0.468 e. The summed E-state index contributed by atoms with van der Waals surface area (Å²) in [5.74, 6) is 0.543. The van der Waals surface area contributed by atoms with Crippen molar-refractivity contribution < 1.29 is 17.2 Å². The van der Waals surface area contributed by atoms with Gasteiger partial charge in [0.05, 0.1) is 23.7 Å². The van der Waals surface area contributed by atoms with Crippen molar-refractivity contribution in [3.8, 4) is 0 Å². The molecule has 1 aromatic heterocycles. The Morgan fingerprint density at radius 3 is 2.50 bits per heavy atom. The Balaban J connectivity index is 1.68. The van der Waals surface area contributed by atoms with Gasteiger partial charge in [-0.2, -0.15) is 0 Å². The number of anilines is 1. The van der Waals surface area contributed by atoms with E-state index in [1.807, 2.05) is 17.0 Å². The van der Waals surface area contributed by atoms with E-state index >= 15 is 0 Å². The summed E-state index contributed by atoms with van der Waals surface area (Å²) >= 11 is 0. The van der Waals surface area contributed by atoms with Crippen molar-refractivity contribution in [1.82, 2.24) is 9.62 Å². The van der Waals surface area contributed by atoms with Crippen LogP contribution in [0.1, 0.15) is 18.7 Å². The van der Waals surface area contributed by atoms with E-state index in [2.05, 4.69) is 9.62 Å². The highest BCUT2D eigenvalue weighted by Gasteiger charge is 2.28. The first-order valence-corrected chi connectivity index (χ1v) is 10.4. The maximum Gasteiger partial charge on any atom is 0.211 e. The van der Waals surface area contributed by atoms with Gasteiger partial charge in [-0.05, 0) is 31.2 Å². The molecule has 8 heteroatoms. The molecule has 0 amide bonds. The number of hydrogen-bond donors (Lipinski definition) is 1. The fraction of sp³-hybridized carbons (Fsp3) is 0.444. The third-order valence-corrected chi connectivity index (χ3v) is 6.06. The van der Waals surface area contributed by atoms with E-state index in [4.69, 9.17) is 4.42 Å². The summed E-state index contributed by atoms with van der Waals surface area (Å²) in [7, 11) is -3.28. The lowest BCUT2D eigenvalue weighted by molar-refractivity contribution is 0.166. The van der Waals surface area contributed by atoms with Crippen molar-refractivity contribution in [2.75, 3.05) is 43.4 Å². The Bertz CT molecular complexity index is 803. The molecule has 0 saturated carbocycles. The molecule has 0 radical (unpaired) electrons. The molecule has 1 aliphatic rings. The average molecular weight is 381 g/mol. The number of rotatable bonds is 7. The van der Waals surface area contributed by atoms with Gasteiger partial charge in [-0.1, -0.05) is 12.1 Å². The molecule has 1 atom stereocenters. The Labute approximate surface area is 153 Å². The van der Waals surface area contributed by atoms with Crippen LogP contribution in [0.25, 0.3) is 0 Å². The predicted molar refractivity (Wildman–Crippen MR) is 99.1 cm³/mol. The quantitative estimate of drug-likeness (QED) is 0.797. The number of nitrogens with one attached hydrogen (secondary N) is 1. The summed E-state index contributed by atoms with van der Waals surface area (Å²) in [5, 5.41) is 0. The summed E-state index contributed by atoms with van der Waals surface area (Å²) in [6.07, 6.45) is 1.59. The predicted octanol–water partition coefficient (Wildman–Crippen LogP) is 2.22. The maximum absolute atomic E-state index is 14.0. The molecule has 142 valence electrons. The van der Waals surface area contributed by atoms with E-state index in [9.17, 15) is 12.8 Å². The Hall–Kier alpha value is -1.90. The van der Waals surface area contributed by atoms with Crippen LogP contribution in [0.4, 0.5) is 10.1 Å². The van der Waals surface area contributed by atoms with Gasteiger partial charge in [-0.3, -0.25) is 4.90 Å². The zero-order valence-electron chi connectivity index (χ0n) is 14.8. The average Bonchev–Trinajstić information content (AvgIpc) is 3.17. The van der Waals surface area contributed by atoms with Crippen LogP contribution in [0.3, 0.4) is 0 Å². The molecule has 1 saturated heterocycles. The second-order valence-electron chi connectivity index (χ2n) is 6.26. The molecule has 1 aromatic carbocycles. The molecule has 26 heavy (non-hydrogen) atoms. The molecule has 2 heterocycles. The van der Waals surface area contributed by atoms with Gasteiger partial charge in [0.1, 0.15) is 11.6 Å². The molecule has 0 aliphatic carbocycles. The normalized spacial score (nSPS) is 17.4. The second-order valence-corrected chi connectivity index (χ2v) is 8.35. The van der Waals surface area contributed by atoms with Crippen LogP contribution in [-0.2, 0) is 10.0 Å². The number of halogens is 1. The fourth-order valence-electron chi connectivity index (χ4n) is 3.18. The van der Waals surface area contributed by atoms with Gasteiger partial charge in [-0.15, -0.1) is 0 Å². The summed E-state index contributed by atoms with van der Waals surface area (Å²) < 4.78 is 45.8. The number of hydrogen-bond acceptors (Lipinski definition) is 5. The molecule has 0 unspecified atom stereocenters. The van der Waals surface area contributed by atoms with E-state index in [1.54, 1.807) is 31.4 Å². The number of nitrogens with zero attached hydrogens (tertiary/aromatic N) is 2. The highest BCUT2D eigenvalue weighted by Crippen LogP contribution is 2.25. The molecule has 1 N–H and O–H groups in total. The van der Waals surface area contributed by atoms with Crippen molar-refractivity contribution >= 4 is 15.7 Å². The molecule has 1 fully saturated rings. The molecular formula is C18H24FN3O3S. The third-order valence-electron chi connectivity index (χ3n) is 4.70. The van der Waals surface area contributed by atoms with Crippen molar-refractivity contribution in [2.24, 2.45) is 0 Å². The number of furan rings is 1. The molecule has 1 aliphatic heterocycles. The Morgan fingerprint density at radius 2 is 1.88 bits per heavy atom. The highest BCUT2D eigenvalue weighted by molar-refractivity contribution is 7.89. The molecule has 0 spiro atoms. The lowest BCUT2D eigenvalue weighted by atomic mass is 10.1. The Kier molecular flexibility index (Phi) is 5.95. The van der Waals surface area contributed by atoms with Gasteiger partial charge < -0.3 is 9.32 Å². The van der Waals surface area contributed by atoms with Gasteiger partial charge in [0.2, 0.25) is 10.0 Å². The molecule has 2 aromatic rings. The minimum absolute atomic E-state index is 0.0406. The lowest BCUT2D eigenvalue weighted by Crippen LogP contribution is -2.50. The van der Waals surface area contributed by atoms with E-state index in [0.717, 1.165) is 5.76 Å². The molecular weight excluding hydrogens is 357 g/mol. The third kappa shape index (κ3) is 4.44. The monoisotopic (exact) mass is 381 g/mol. The van der Waals surface area contributed by atoms with Gasteiger partial charge in [0.25, 0.3) is 0 Å². The van der Waals surface area contributed by atoms with Crippen molar-refractivity contribution in [3.63, 3.8) is 0 Å². The first-order chi connectivity index (χ1) is 12.5. The van der Waals surface area contributed by atoms with Crippen LogP contribution in [0.5, 0.6) is 0 Å². The maximum atomic E-state index is 14.0. The van der Waals surface area contributed by atoms with E-state index < -0.39 is 10.0 Å². The van der Waals surface area contributed by atoms with Crippen molar-refractivity contribution in [1.29, 1.82) is 0 Å². The molecule has 3 rings (SSSR count). The summed E-state index contributed by atoms with van der Waals surface area (Å²) in [6.45, 7) is 4.57. The highest BCUT2D eigenvalue weighted by atomic mass is 32.2. The van der Waals surface area contributed by atoms with E-state index in [1.165, 1.54) is 6.07 Å². The van der Waals surface area contributed by atoms with Gasteiger partial charge in [-0.25, -0.2) is 17.5 Å². The van der Waals surface area contributed by atoms with Crippen LogP contribution < -0.4 is 9.62 Å². The number of sulfonamides is 1. The zero-order chi connectivity index (χ0) is 18.6. The van der Waals surface area contributed by atoms with Crippen molar-refractivity contribution in [3.05, 3.63) is 54.2 Å². The first-order valence-electron chi connectivity index (χ1n) is 8.74. The summed E-state index contributed by atoms with van der Waals surface area (Å²) in [4.78, 5) is 4.19. The smallest absolute Gasteiger partial charge is 0.211 e. The van der Waals surface area contributed by atoms with Crippen LogP contribution in [0.2, 0.25) is 0 Å². The Morgan fingerprint density at radius 1 is 1.15 bits per heavy atom. The lowest BCUT2D eigenvalue weighted by Gasteiger charge is -2.39. The van der Waals surface area contributed by atoms with Crippen LogP contribution in [0.15, 0.2) is 47.1 Å². The molecule has 6 nitrogen and oxygen atoms in total. The zero-order valence-corrected chi connectivity index (χ0v) is 15.6. The summed E-state index contributed by atoms with van der Waals surface area (Å²) in [6, 6.07) is 10.2. The van der Waals surface area contributed by atoms with Gasteiger partial charge in [0.15, 0.2) is 0 Å². The topological polar surface area (TPSA) is 65.8 Å². The number of para-hydroxylation sites is 1. The second kappa shape index (κ2) is 8.20. The number of piperazine rings is 1. The van der Waals surface area contributed by atoms with Gasteiger partial charge in [0, 0.05) is 32.7 Å². The standard InChI is InChI=1S/C18H24FN3O3S/c1-2-26(23,24)20-14-17(18-8-5-13-25-18)22-11-9-21(10-12-22)16-7-4-3-6-15(16)19/h3-8,13,17,20H,2,9-12,14H2,1H3/t17-/m1/s1. The summed E-state index contributed by atoms with van der Waals surface area (Å²) in [5.41, 5.74) is 0.605. The SMILES string of the molecule is CCS(=O)(=O)NC[C@H](c1ccco1)N1CCN(c2ccccc2F)CC1. The van der Waals surface area contributed by atoms with Crippen molar-refractivity contribution in [2.45, 2.75) is 13.0 Å². The minimum atomic E-state index is -3.28. The van der Waals surface area contributed by atoms with Crippen LogP contribution in [-0.4, -0.2) is 51.8 Å². The first kappa shape index (κ1) is 18.9.